The molecule has 112 valence electrons. The lowest BCUT2D eigenvalue weighted by molar-refractivity contribution is -0.126. The fourth-order valence-electron chi connectivity index (χ4n) is 2.09. The molecule has 5 heteroatoms. The Hall–Kier alpha value is -0.650. The second-order valence-corrected chi connectivity index (χ2v) is 6.23. The van der Waals surface area contributed by atoms with E-state index in [1.165, 1.54) is 0 Å². The minimum Gasteiger partial charge on any atom is -0.377 e. The maximum absolute atomic E-state index is 11.8. The van der Waals surface area contributed by atoms with Crippen LogP contribution in [0.2, 0.25) is 0 Å². The van der Waals surface area contributed by atoms with Crippen LogP contribution in [0.1, 0.15) is 40.5 Å². The lowest BCUT2D eigenvalue weighted by Crippen LogP contribution is -2.54. The van der Waals surface area contributed by atoms with E-state index in [2.05, 4.69) is 24.1 Å². The van der Waals surface area contributed by atoms with Crippen LogP contribution in [0.4, 0.5) is 0 Å². The summed E-state index contributed by atoms with van der Waals surface area (Å²) in [6, 6.07) is 0.262. The van der Waals surface area contributed by atoms with Crippen molar-refractivity contribution in [3.05, 3.63) is 0 Å². The molecule has 0 atom stereocenters. The smallest absolute Gasteiger partial charge is 0.239 e. The van der Waals surface area contributed by atoms with Crippen LogP contribution in [-0.4, -0.2) is 54.7 Å². The molecule has 0 bridgehead atoms. The zero-order valence-corrected chi connectivity index (χ0v) is 12.7. The summed E-state index contributed by atoms with van der Waals surface area (Å²) in [5.74, 6) is -0.0610. The van der Waals surface area contributed by atoms with Crippen molar-refractivity contribution in [3.8, 4) is 0 Å². The number of hydrogen-bond donors (Lipinski definition) is 2. The third-order valence-corrected chi connectivity index (χ3v) is 3.37. The zero-order valence-electron chi connectivity index (χ0n) is 12.7. The SMILES string of the molecule is CC(C)OCCN1CCC(NC(=O)C(C)(C)N)CC1. The fourth-order valence-corrected chi connectivity index (χ4v) is 2.09. The van der Waals surface area contributed by atoms with E-state index in [-0.39, 0.29) is 11.9 Å². The molecule has 0 aromatic rings. The van der Waals surface area contributed by atoms with Crippen molar-refractivity contribution in [2.75, 3.05) is 26.2 Å². The minimum atomic E-state index is -0.789. The summed E-state index contributed by atoms with van der Waals surface area (Å²) in [4.78, 5) is 14.2. The number of amides is 1. The molecule has 0 aliphatic carbocycles. The van der Waals surface area contributed by atoms with Crippen LogP contribution in [0, 0.1) is 0 Å². The quantitative estimate of drug-likeness (QED) is 0.747. The van der Waals surface area contributed by atoms with E-state index in [0.29, 0.717) is 6.10 Å². The average Bonchev–Trinajstić information content (AvgIpc) is 2.29. The largest absolute Gasteiger partial charge is 0.377 e. The second-order valence-electron chi connectivity index (χ2n) is 6.23. The summed E-state index contributed by atoms with van der Waals surface area (Å²) in [5.41, 5.74) is 4.99. The number of carbonyl (C=O) groups excluding carboxylic acids is 1. The first kappa shape index (κ1) is 16.4. The molecule has 19 heavy (non-hydrogen) atoms. The Morgan fingerprint density at radius 1 is 1.42 bits per heavy atom. The molecule has 0 aromatic carbocycles. The van der Waals surface area contributed by atoms with Crippen molar-refractivity contribution in [1.82, 2.24) is 10.2 Å². The van der Waals surface area contributed by atoms with Crippen LogP contribution >= 0.6 is 0 Å². The molecule has 1 aliphatic rings. The first-order valence-corrected chi connectivity index (χ1v) is 7.23. The summed E-state index contributed by atoms with van der Waals surface area (Å²) >= 11 is 0. The Morgan fingerprint density at radius 2 is 2.00 bits per heavy atom. The topological polar surface area (TPSA) is 67.6 Å². The molecule has 0 spiro atoms. The van der Waals surface area contributed by atoms with Crippen molar-refractivity contribution < 1.29 is 9.53 Å². The highest BCUT2D eigenvalue weighted by Gasteiger charge is 2.26. The van der Waals surface area contributed by atoms with Crippen molar-refractivity contribution in [3.63, 3.8) is 0 Å². The van der Waals surface area contributed by atoms with E-state index in [1.807, 2.05) is 0 Å². The Morgan fingerprint density at radius 3 is 2.47 bits per heavy atom. The molecular formula is C14H29N3O2. The Balaban J connectivity index is 2.20. The summed E-state index contributed by atoms with van der Waals surface area (Å²) < 4.78 is 5.55. The predicted octanol–water partition coefficient (Wildman–Crippen LogP) is 0.729. The van der Waals surface area contributed by atoms with E-state index in [9.17, 15) is 4.79 Å². The van der Waals surface area contributed by atoms with Crippen LogP contribution < -0.4 is 11.1 Å². The van der Waals surface area contributed by atoms with E-state index >= 15 is 0 Å². The molecule has 5 nitrogen and oxygen atoms in total. The number of nitrogens with two attached hydrogens (primary N) is 1. The number of piperidine rings is 1. The second kappa shape index (κ2) is 7.22. The predicted molar refractivity (Wildman–Crippen MR) is 77.0 cm³/mol. The van der Waals surface area contributed by atoms with Gasteiger partial charge in [-0.05, 0) is 40.5 Å². The molecular weight excluding hydrogens is 242 g/mol. The van der Waals surface area contributed by atoms with Gasteiger partial charge in [-0.25, -0.2) is 0 Å². The fraction of sp³-hybridized carbons (Fsp3) is 0.929. The molecule has 0 aromatic heterocycles. The Bertz CT molecular complexity index is 279. The first-order chi connectivity index (χ1) is 8.79. The van der Waals surface area contributed by atoms with E-state index in [1.54, 1.807) is 13.8 Å². The van der Waals surface area contributed by atoms with Crippen molar-refractivity contribution in [2.24, 2.45) is 5.73 Å². The molecule has 1 amide bonds. The highest BCUT2D eigenvalue weighted by atomic mass is 16.5. The van der Waals surface area contributed by atoms with E-state index < -0.39 is 5.54 Å². The van der Waals surface area contributed by atoms with Gasteiger partial charge >= 0.3 is 0 Å². The highest BCUT2D eigenvalue weighted by molar-refractivity contribution is 5.85. The van der Waals surface area contributed by atoms with Gasteiger partial charge in [0.1, 0.15) is 0 Å². The molecule has 0 saturated carbocycles. The molecule has 3 N–H and O–H groups in total. The number of nitrogens with zero attached hydrogens (tertiary/aromatic N) is 1. The molecule has 1 aliphatic heterocycles. The highest BCUT2D eigenvalue weighted by Crippen LogP contribution is 2.11. The van der Waals surface area contributed by atoms with Gasteiger partial charge in [0.2, 0.25) is 5.91 Å². The van der Waals surface area contributed by atoms with Gasteiger partial charge in [0.25, 0.3) is 0 Å². The summed E-state index contributed by atoms with van der Waals surface area (Å²) in [6.45, 7) is 11.4. The lowest BCUT2D eigenvalue weighted by Gasteiger charge is -2.33. The number of carbonyl (C=O) groups is 1. The van der Waals surface area contributed by atoms with Crippen LogP contribution in [0.15, 0.2) is 0 Å². The number of likely N-dealkylation sites (tertiary alicyclic amines) is 1. The molecule has 1 heterocycles. The van der Waals surface area contributed by atoms with Gasteiger partial charge in [-0.15, -0.1) is 0 Å². The molecule has 0 unspecified atom stereocenters. The zero-order chi connectivity index (χ0) is 14.5. The number of ether oxygens (including phenoxy) is 1. The normalized spacial score (nSPS) is 18.8. The summed E-state index contributed by atoms with van der Waals surface area (Å²) in [7, 11) is 0. The van der Waals surface area contributed by atoms with Gasteiger partial charge in [-0.1, -0.05) is 0 Å². The number of hydrogen-bond acceptors (Lipinski definition) is 4. The van der Waals surface area contributed by atoms with Crippen LogP contribution in [-0.2, 0) is 9.53 Å². The van der Waals surface area contributed by atoms with Gasteiger partial charge in [0.05, 0.1) is 18.2 Å². The van der Waals surface area contributed by atoms with Crippen molar-refractivity contribution in [2.45, 2.75) is 58.2 Å². The lowest BCUT2D eigenvalue weighted by atomic mass is 10.0. The first-order valence-electron chi connectivity index (χ1n) is 7.23. The summed E-state index contributed by atoms with van der Waals surface area (Å²) in [5, 5.41) is 3.03. The Kier molecular flexibility index (Phi) is 6.23. The van der Waals surface area contributed by atoms with Crippen molar-refractivity contribution >= 4 is 5.91 Å². The van der Waals surface area contributed by atoms with Gasteiger partial charge in [0.15, 0.2) is 0 Å². The van der Waals surface area contributed by atoms with Gasteiger partial charge in [-0.2, -0.15) is 0 Å². The van der Waals surface area contributed by atoms with Crippen LogP contribution in [0.25, 0.3) is 0 Å². The van der Waals surface area contributed by atoms with Crippen molar-refractivity contribution in [1.29, 1.82) is 0 Å². The van der Waals surface area contributed by atoms with Gasteiger partial charge in [-0.3, -0.25) is 4.79 Å². The monoisotopic (exact) mass is 271 g/mol. The average molecular weight is 271 g/mol. The standard InChI is InChI=1S/C14H29N3O2/c1-11(2)19-10-9-17-7-5-12(6-8-17)16-13(18)14(3,4)15/h11-12H,5-10,15H2,1-4H3,(H,16,18). The number of rotatable bonds is 6. The number of nitrogens with one attached hydrogen (secondary N) is 1. The Labute approximate surface area is 116 Å². The maximum Gasteiger partial charge on any atom is 0.239 e. The minimum absolute atomic E-state index is 0.0610. The van der Waals surface area contributed by atoms with Crippen LogP contribution in [0.3, 0.4) is 0 Å². The summed E-state index contributed by atoms with van der Waals surface area (Å²) in [6.07, 6.45) is 2.27. The third kappa shape index (κ3) is 6.36. The molecule has 0 radical (unpaired) electrons. The third-order valence-electron chi connectivity index (χ3n) is 3.37. The molecule has 1 rings (SSSR count). The van der Waals surface area contributed by atoms with E-state index in [4.69, 9.17) is 10.5 Å². The molecule has 1 fully saturated rings. The van der Waals surface area contributed by atoms with Gasteiger partial charge in [0, 0.05) is 25.7 Å². The van der Waals surface area contributed by atoms with E-state index in [0.717, 1.165) is 39.1 Å². The molecule has 1 saturated heterocycles. The van der Waals surface area contributed by atoms with Gasteiger partial charge < -0.3 is 20.7 Å². The maximum atomic E-state index is 11.8. The van der Waals surface area contributed by atoms with Crippen LogP contribution in [0.5, 0.6) is 0 Å².